The number of para-hydroxylation sites is 1. The van der Waals surface area contributed by atoms with E-state index in [1.807, 2.05) is 55.6 Å². The predicted octanol–water partition coefficient (Wildman–Crippen LogP) is 4.16. The van der Waals surface area contributed by atoms with Crippen LogP contribution >= 0.6 is 23.1 Å². The van der Waals surface area contributed by atoms with Gasteiger partial charge in [0.1, 0.15) is 4.70 Å². The lowest BCUT2D eigenvalue weighted by molar-refractivity contribution is -0.113. The molecule has 7 heteroatoms. The Morgan fingerprint density at radius 2 is 2.08 bits per heavy atom. The Balaban J connectivity index is 1.82. The lowest BCUT2D eigenvalue weighted by Gasteiger charge is -2.17. The highest BCUT2D eigenvalue weighted by atomic mass is 32.2. The largest absolute Gasteiger partial charge is 0.325 e. The minimum atomic E-state index is -0.119. The molecule has 1 N–H and O–H groups in total. The summed E-state index contributed by atoms with van der Waals surface area (Å²) in [7, 11) is 0. The number of thioether (sulfide) groups is 1. The molecule has 130 valence electrons. The summed E-state index contributed by atoms with van der Waals surface area (Å²) in [6.45, 7) is 4.03. The van der Waals surface area contributed by atoms with Gasteiger partial charge in [0.2, 0.25) is 5.91 Å². The second-order valence-electron chi connectivity index (χ2n) is 5.66. The van der Waals surface area contributed by atoms with Gasteiger partial charge in [-0.15, -0.1) is 11.3 Å². The zero-order chi connectivity index (χ0) is 17.8. The highest BCUT2D eigenvalue weighted by Gasteiger charge is 2.17. The van der Waals surface area contributed by atoms with Gasteiger partial charge < -0.3 is 5.32 Å². The van der Waals surface area contributed by atoms with Crippen LogP contribution in [0.2, 0.25) is 0 Å². The number of carbonyl (C=O) groups is 1. The van der Waals surface area contributed by atoms with Gasteiger partial charge in [-0.2, -0.15) is 0 Å². The Kier molecular flexibility index (Phi) is 5.55. The highest BCUT2D eigenvalue weighted by molar-refractivity contribution is 7.99. The van der Waals surface area contributed by atoms with Gasteiger partial charge in [-0.1, -0.05) is 36.9 Å². The maximum Gasteiger partial charge on any atom is 0.272 e. The van der Waals surface area contributed by atoms with E-state index >= 15 is 0 Å². The van der Waals surface area contributed by atoms with Crippen LogP contribution in [0.4, 0.5) is 5.69 Å². The maximum atomic E-state index is 12.8. The summed E-state index contributed by atoms with van der Waals surface area (Å²) in [5.41, 5.74) is 1.43. The smallest absolute Gasteiger partial charge is 0.272 e. The molecule has 2 aromatic heterocycles. The highest BCUT2D eigenvalue weighted by Crippen LogP contribution is 2.24. The van der Waals surface area contributed by atoms with Crippen molar-refractivity contribution in [2.45, 2.75) is 31.5 Å². The Bertz CT molecular complexity index is 934. The second-order valence-corrected chi connectivity index (χ2v) is 7.52. The fourth-order valence-corrected chi connectivity index (χ4v) is 4.09. The van der Waals surface area contributed by atoms with Gasteiger partial charge in [-0.3, -0.25) is 14.2 Å². The molecule has 0 bridgehead atoms. The van der Waals surface area contributed by atoms with E-state index in [2.05, 4.69) is 10.3 Å². The topological polar surface area (TPSA) is 64.0 Å². The standard InChI is InChI=1S/C18H19N3O2S2/c1-3-12(2)21-17(23)16-14(9-10-24-16)20-18(21)25-11-15(22)19-13-7-5-4-6-8-13/h4-10,12H,3,11H2,1-2H3,(H,19,22)/t12-/m0/s1. The first-order chi connectivity index (χ1) is 12.1. The van der Waals surface area contributed by atoms with Crippen LogP contribution in [0.5, 0.6) is 0 Å². The molecule has 0 aliphatic heterocycles. The molecule has 1 aromatic carbocycles. The molecule has 0 fully saturated rings. The lowest BCUT2D eigenvalue weighted by atomic mass is 10.2. The number of carbonyl (C=O) groups excluding carboxylic acids is 1. The molecule has 0 unspecified atom stereocenters. The van der Waals surface area contributed by atoms with Gasteiger partial charge in [0, 0.05) is 11.7 Å². The predicted molar refractivity (Wildman–Crippen MR) is 105 cm³/mol. The molecule has 0 saturated carbocycles. The number of aromatic nitrogens is 2. The molecule has 0 aliphatic rings. The summed E-state index contributed by atoms with van der Waals surface area (Å²) in [6.07, 6.45) is 0.822. The Morgan fingerprint density at radius 1 is 1.32 bits per heavy atom. The summed E-state index contributed by atoms with van der Waals surface area (Å²) < 4.78 is 2.37. The van der Waals surface area contributed by atoms with Gasteiger partial charge in [0.15, 0.2) is 5.16 Å². The van der Waals surface area contributed by atoms with Crippen molar-refractivity contribution in [3.8, 4) is 0 Å². The van der Waals surface area contributed by atoms with Crippen LogP contribution < -0.4 is 10.9 Å². The molecule has 2 heterocycles. The molecule has 25 heavy (non-hydrogen) atoms. The number of nitrogens with one attached hydrogen (secondary N) is 1. The van der Waals surface area contributed by atoms with E-state index in [0.29, 0.717) is 15.4 Å². The van der Waals surface area contributed by atoms with Crippen LogP contribution in [0, 0.1) is 0 Å². The van der Waals surface area contributed by atoms with Crippen LogP contribution in [0.15, 0.2) is 51.7 Å². The number of hydrogen-bond acceptors (Lipinski definition) is 5. The molecule has 3 aromatic rings. The van der Waals surface area contributed by atoms with Gasteiger partial charge >= 0.3 is 0 Å². The first kappa shape index (κ1) is 17.7. The third kappa shape index (κ3) is 3.93. The van der Waals surface area contributed by atoms with Gasteiger partial charge in [0.25, 0.3) is 5.56 Å². The van der Waals surface area contributed by atoms with Crippen molar-refractivity contribution in [3.63, 3.8) is 0 Å². The zero-order valence-electron chi connectivity index (χ0n) is 14.1. The number of rotatable bonds is 6. The molecule has 0 spiro atoms. The lowest BCUT2D eigenvalue weighted by Crippen LogP contribution is -2.26. The molecular formula is C18H19N3O2S2. The average Bonchev–Trinajstić information content (AvgIpc) is 3.09. The minimum Gasteiger partial charge on any atom is -0.325 e. The quantitative estimate of drug-likeness (QED) is 0.520. The van der Waals surface area contributed by atoms with Crippen molar-refractivity contribution in [2.24, 2.45) is 0 Å². The first-order valence-corrected chi connectivity index (χ1v) is 9.94. The van der Waals surface area contributed by atoms with Crippen molar-refractivity contribution < 1.29 is 4.79 Å². The number of thiophene rings is 1. The van der Waals surface area contributed by atoms with Crippen LogP contribution in [0.25, 0.3) is 10.2 Å². The summed E-state index contributed by atoms with van der Waals surface area (Å²) in [6, 6.07) is 11.2. The van der Waals surface area contributed by atoms with Crippen molar-refractivity contribution >= 4 is 44.9 Å². The van der Waals surface area contributed by atoms with Gasteiger partial charge in [-0.05, 0) is 36.9 Å². The van der Waals surface area contributed by atoms with E-state index in [9.17, 15) is 9.59 Å². The molecule has 5 nitrogen and oxygen atoms in total. The van der Waals surface area contributed by atoms with Crippen LogP contribution in [0.1, 0.15) is 26.3 Å². The molecule has 3 rings (SSSR count). The maximum absolute atomic E-state index is 12.8. The Morgan fingerprint density at radius 3 is 2.80 bits per heavy atom. The van der Waals surface area contributed by atoms with E-state index in [1.165, 1.54) is 23.1 Å². The van der Waals surface area contributed by atoms with E-state index in [0.717, 1.165) is 12.1 Å². The summed E-state index contributed by atoms with van der Waals surface area (Å²) in [5, 5.41) is 5.31. The SMILES string of the molecule is CC[C@H](C)n1c(SCC(=O)Nc2ccccc2)nc2ccsc2c1=O. The third-order valence-corrected chi connectivity index (χ3v) is 5.75. The fraction of sp³-hybridized carbons (Fsp3) is 0.278. The van der Waals surface area contributed by atoms with Crippen LogP contribution in [0.3, 0.4) is 0 Å². The number of amides is 1. The van der Waals surface area contributed by atoms with Crippen molar-refractivity contribution in [1.29, 1.82) is 0 Å². The number of benzene rings is 1. The fourth-order valence-electron chi connectivity index (χ4n) is 2.43. The molecule has 0 saturated heterocycles. The van der Waals surface area contributed by atoms with E-state index < -0.39 is 0 Å². The summed E-state index contributed by atoms with van der Waals surface area (Å²) >= 11 is 2.70. The number of fused-ring (bicyclic) bond motifs is 1. The molecule has 0 aliphatic carbocycles. The van der Waals surface area contributed by atoms with E-state index in [4.69, 9.17) is 0 Å². The first-order valence-electron chi connectivity index (χ1n) is 8.07. The normalized spacial score (nSPS) is 12.2. The van der Waals surface area contributed by atoms with Crippen LogP contribution in [-0.2, 0) is 4.79 Å². The number of hydrogen-bond donors (Lipinski definition) is 1. The Hall–Kier alpha value is -2.12. The summed E-state index contributed by atoms with van der Waals surface area (Å²) in [4.78, 5) is 29.6. The Labute approximate surface area is 154 Å². The van der Waals surface area contributed by atoms with Crippen molar-refractivity contribution in [2.75, 3.05) is 11.1 Å². The molecule has 1 atom stereocenters. The van der Waals surface area contributed by atoms with Gasteiger partial charge in [0.05, 0.1) is 11.3 Å². The second kappa shape index (κ2) is 7.84. The number of nitrogens with zero attached hydrogens (tertiary/aromatic N) is 2. The molecule has 0 radical (unpaired) electrons. The van der Waals surface area contributed by atoms with E-state index in [-0.39, 0.29) is 23.3 Å². The van der Waals surface area contributed by atoms with Crippen molar-refractivity contribution in [3.05, 3.63) is 52.1 Å². The van der Waals surface area contributed by atoms with Crippen LogP contribution in [-0.4, -0.2) is 21.2 Å². The molecule has 1 amide bonds. The zero-order valence-corrected chi connectivity index (χ0v) is 15.7. The van der Waals surface area contributed by atoms with Gasteiger partial charge in [-0.25, -0.2) is 4.98 Å². The monoisotopic (exact) mass is 373 g/mol. The average molecular weight is 374 g/mol. The minimum absolute atomic E-state index is 0.0275. The molecular weight excluding hydrogens is 354 g/mol. The summed E-state index contributed by atoms with van der Waals surface area (Å²) in [5.74, 6) is 0.0829. The van der Waals surface area contributed by atoms with Crippen molar-refractivity contribution in [1.82, 2.24) is 9.55 Å². The third-order valence-electron chi connectivity index (χ3n) is 3.90. The number of anilines is 1. The van der Waals surface area contributed by atoms with E-state index in [1.54, 1.807) is 4.57 Å².